The molecule has 512 valence electrons. The molecular formula is C71H87BCl3F5N8O5Si3. The number of imidazole rings is 3. The number of hydrogen-bond donors (Lipinski definition) is 1. The number of nitrogen functional groups attached to an aromatic ring is 1. The molecule has 0 bridgehead atoms. The van der Waals surface area contributed by atoms with Crippen LogP contribution in [0.15, 0.2) is 134 Å². The molecule has 13 nitrogen and oxygen atoms in total. The SMILES string of the molecule is CC(C)(C)[Si](C)(C)OCc1c(F)ccc(-c2ccc(N)nc2)c1F.CC(C)(C)[Si](C)(C)OCc1c(F)ccc(-c2ccc3nc(Cl)cn3c2)c1F.CC(C)(C)[Si](C)(C)OCc1c(F)cccc1-c1ccc2nc(Cl)cn2c1.CC1(C)OB(c2ccc3nc(Cl)cn3c2)OC1(C)C. The van der Waals surface area contributed by atoms with Gasteiger partial charge in [0.15, 0.2) is 25.0 Å². The second kappa shape index (κ2) is 28.9. The van der Waals surface area contributed by atoms with Crippen molar-refractivity contribution in [2.24, 2.45) is 0 Å². The lowest BCUT2D eigenvalue weighted by atomic mass is 9.80. The molecule has 25 heteroatoms. The maximum atomic E-state index is 15.1. The number of rotatable bonds is 13. The Morgan fingerprint density at radius 1 is 0.458 bits per heavy atom. The highest BCUT2D eigenvalue weighted by molar-refractivity contribution is 6.75. The van der Waals surface area contributed by atoms with E-state index in [0.29, 0.717) is 49.2 Å². The number of pyridine rings is 4. The maximum absolute atomic E-state index is 15.1. The highest BCUT2D eigenvalue weighted by Crippen LogP contribution is 2.42. The van der Waals surface area contributed by atoms with Crippen molar-refractivity contribution < 1.29 is 44.5 Å². The monoisotopic (exact) mass is 1430 g/mol. The van der Waals surface area contributed by atoms with Crippen LogP contribution in [0.2, 0.25) is 69.9 Å². The van der Waals surface area contributed by atoms with Gasteiger partial charge >= 0.3 is 7.12 Å². The summed E-state index contributed by atoms with van der Waals surface area (Å²) >= 11 is 17.8. The highest BCUT2D eigenvalue weighted by atomic mass is 35.5. The van der Waals surface area contributed by atoms with Crippen molar-refractivity contribution in [1.82, 2.24) is 33.1 Å². The highest BCUT2D eigenvalue weighted by Gasteiger charge is 2.52. The summed E-state index contributed by atoms with van der Waals surface area (Å²) in [7, 11) is -6.56. The Kier molecular flexibility index (Phi) is 22.7. The van der Waals surface area contributed by atoms with Gasteiger partial charge in [0.1, 0.15) is 67.3 Å². The van der Waals surface area contributed by atoms with E-state index < -0.39 is 48.2 Å². The number of anilines is 1. The van der Waals surface area contributed by atoms with Gasteiger partial charge in [-0.15, -0.1) is 0 Å². The molecule has 1 aliphatic rings. The first kappa shape index (κ1) is 75.5. The molecular weight excluding hydrogens is 1340 g/mol. The third-order valence-electron chi connectivity index (χ3n) is 19.2. The molecule has 7 aromatic heterocycles. The van der Waals surface area contributed by atoms with Crippen LogP contribution >= 0.6 is 34.8 Å². The average molecular weight is 1430 g/mol. The first-order chi connectivity index (χ1) is 44.4. The van der Waals surface area contributed by atoms with Crippen LogP contribution in [0.4, 0.5) is 27.8 Å². The summed E-state index contributed by atoms with van der Waals surface area (Å²) in [5, 5.41) is 1.27. The van der Waals surface area contributed by atoms with Gasteiger partial charge in [0.2, 0.25) is 0 Å². The molecule has 0 amide bonds. The number of fused-ring (bicyclic) bond motifs is 3. The average Bonchev–Trinajstić information content (AvgIpc) is 1.48. The van der Waals surface area contributed by atoms with Crippen molar-refractivity contribution in [3.05, 3.63) is 196 Å². The molecule has 1 aliphatic heterocycles. The van der Waals surface area contributed by atoms with Gasteiger partial charge in [-0.3, -0.25) is 0 Å². The maximum Gasteiger partial charge on any atom is 0.496 e. The second-order valence-corrected chi connectivity index (χ2v) is 45.1. The Labute approximate surface area is 579 Å². The van der Waals surface area contributed by atoms with Crippen LogP contribution in [0.3, 0.4) is 0 Å². The summed E-state index contributed by atoms with van der Waals surface area (Å²) in [6, 6.07) is 25.0. The van der Waals surface area contributed by atoms with Crippen molar-refractivity contribution in [3.8, 4) is 33.4 Å². The van der Waals surface area contributed by atoms with Crippen LogP contribution in [-0.2, 0) is 42.4 Å². The van der Waals surface area contributed by atoms with Gasteiger partial charge in [0.05, 0.1) is 31.0 Å². The minimum absolute atomic E-state index is 0.0293. The fourth-order valence-corrected chi connectivity index (χ4v) is 12.6. The summed E-state index contributed by atoms with van der Waals surface area (Å²) < 4.78 is 109. The van der Waals surface area contributed by atoms with Crippen molar-refractivity contribution >= 4 is 95.1 Å². The van der Waals surface area contributed by atoms with E-state index in [1.54, 1.807) is 59.5 Å². The fourth-order valence-electron chi connectivity index (χ4n) is 9.19. The van der Waals surface area contributed by atoms with Gasteiger partial charge in [0, 0.05) is 82.3 Å². The summed E-state index contributed by atoms with van der Waals surface area (Å²) in [6.07, 6.45) is 12.2. The van der Waals surface area contributed by atoms with Gasteiger partial charge in [-0.25, -0.2) is 41.9 Å². The molecule has 2 N–H and O–H groups in total. The van der Waals surface area contributed by atoms with Crippen molar-refractivity contribution in [2.45, 2.75) is 175 Å². The third kappa shape index (κ3) is 17.4. The normalized spacial score (nSPS) is 14.3. The van der Waals surface area contributed by atoms with E-state index in [-0.39, 0.29) is 75.8 Å². The molecule has 1 fully saturated rings. The van der Waals surface area contributed by atoms with E-state index in [2.05, 4.69) is 122 Å². The molecule has 0 saturated carbocycles. The Morgan fingerprint density at radius 3 is 1.23 bits per heavy atom. The van der Waals surface area contributed by atoms with Gasteiger partial charge in [0.25, 0.3) is 0 Å². The van der Waals surface area contributed by atoms with E-state index in [1.807, 2.05) is 79.2 Å². The molecule has 0 atom stereocenters. The van der Waals surface area contributed by atoms with E-state index in [4.69, 9.17) is 63.1 Å². The molecule has 96 heavy (non-hydrogen) atoms. The largest absolute Gasteiger partial charge is 0.496 e. The minimum atomic E-state index is -2.12. The van der Waals surface area contributed by atoms with Crippen LogP contribution < -0.4 is 11.2 Å². The number of aromatic nitrogens is 7. The van der Waals surface area contributed by atoms with Gasteiger partial charge < -0.3 is 41.5 Å². The number of hydrogen-bond acceptors (Lipinski definition) is 10. The zero-order chi connectivity index (χ0) is 71.1. The summed E-state index contributed by atoms with van der Waals surface area (Å²) in [5.74, 6) is -2.30. The van der Waals surface area contributed by atoms with Crippen LogP contribution in [-0.4, -0.2) is 76.4 Å². The van der Waals surface area contributed by atoms with Crippen molar-refractivity contribution in [2.75, 3.05) is 5.73 Å². The Bertz CT molecular complexity index is 4400. The molecule has 0 aliphatic carbocycles. The Morgan fingerprint density at radius 2 is 0.823 bits per heavy atom. The van der Waals surface area contributed by atoms with E-state index >= 15 is 4.39 Å². The topological polar surface area (TPSA) is 137 Å². The number of benzene rings is 3. The molecule has 0 unspecified atom stereocenters. The number of halogens is 8. The van der Waals surface area contributed by atoms with Crippen LogP contribution in [0.1, 0.15) is 107 Å². The molecule has 8 heterocycles. The van der Waals surface area contributed by atoms with Crippen molar-refractivity contribution in [3.63, 3.8) is 0 Å². The smallest absolute Gasteiger partial charge is 0.412 e. The van der Waals surface area contributed by atoms with E-state index in [1.165, 1.54) is 36.5 Å². The molecule has 11 rings (SSSR count). The van der Waals surface area contributed by atoms with Gasteiger partial charge in [-0.2, -0.15) is 0 Å². The third-order valence-corrected chi connectivity index (χ3v) is 33.2. The Hall–Kier alpha value is -6.28. The number of nitrogens with two attached hydrogens (primary N) is 1. The molecule has 1 saturated heterocycles. The molecule has 10 aromatic rings. The van der Waals surface area contributed by atoms with Crippen LogP contribution in [0.25, 0.3) is 50.3 Å². The summed E-state index contributed by atoms with van der Waals surface area (Å²) in [5.41, 5.74) is 12.1. The van der Waals surface area contributed by atoms with E-state index in [9.17, 15) is 17.6 Å². The quantitative estimate of drug-likeness (QED) is 0.0877. The molecule has 0 spiro atoms. The van der Waals surface area contributed by atoms with Crippen LogP contribution in [0, 0.1) is 29.1 Å². The minimum Gasteiger partial charge on any atom is -0.412 e. The predicted octanol–water partition coefficient (Wildman–Crippen LogP) is 20.2. The standard InChI is InChI=1S/C20H23ClF2N2OSi.C20H24ClFN2OSi.C18H24F2N2OSi.C13H16BClN2O2/c1-20(2,3)27(4,5)26-12-15-16(22)8-7-14(19(15)23)13-6-9-18-24-17(21)11-25(18)10-13;1-20(2,3)26(4,5)25-13-16-15(7-6-8-17(16)22)14-9-10-19-23-18(21)12-24(19)11-14;1-18(2,3)24(4,5)23-11-14-15(19)8-7-13(17(14)20)12-6-9-16(21)22-10-12;1-12(2)13(3,4)19-14(18-12)9-5-6-11-16-10(15)8-17(11)7-9/h6-11H,12H2,1-5H3;6-12H,13H2,1-5H3;6-10H,11H2,1-5H3,(H2,21,22);5-8H,1-4H3. The lowest BCUT2D eigenvalue weighted by Crippen LogP contribution is -2.41. The first-order valence-corrected chi connectivity index (χ1v) is 41.4. The lowest BCUT2D eigenvalue weighted by Gasteiger charge is -2.36. The summed E-state index contributed by atoms with van der Waals surface area (Å²) in [4.78, 5) is 16.5. The molecule has 3 aromatic carbocycles. The van der Waals surface area contributed by atoms with Gasteiger partial charge in [-0.05, 0) is 171 Å². The zero-order valence-corrected chi connectivity index (χ0v) is 63.4. The lowest BCUT2D eigenvalue weighted by molar-refractivity contribution is 0.00578. The predicted molar refractivity (Wildman–Crippen MR) is 387 cm³/mol. The molecule has 0 radical (unpaired) electrons. The Balaban J connectivity index is 0.000000165. The second-order valence-electron chi connectivity index (χ2n) is 29.5. The van der Waals surface area contributed by atoms with Crippen molar-refractivity contribution in [1.29, 1.82) is 0 Å². The summed E-state index contributed by atoms with van der Waals surface area (Å²) in [6.45, 7) is 39.9. The number of nitrogens with zero attached hydrogens (tertiary/aromatic N) is 7. The van der Waals surface area contributed by atoms with Gasteiger partial charge in [-0.1, -0.05) is 115 Å². The van der Waals surface area contributed by atoms with Crippen LogP contribution in [0.5, 0.6) is 0 Å². The fraction of sp³-hybridized carbons (Fsp3) is 0.380. The van der Waals surface area contributed by atoms with E-state index in [0.717, 1.165) is 27.9 Å². The first-order valence-electron chi connectivity index (χ1n) is 31.5. The zero-order valence-electron chi connectivity index (χ0n) is 58.2.